The molecule has 0 aromatic heterocycles. The van der Waals surface area contributed by atoms with Crippen molar-refractivity contribution in [3.63, 3.8) is 0 Å². The fraction of sp³-hybridized carbons (Fsp3) is 0. The molecule has 130 valence electrons. The monoisotopic (exact) mass is 347 g/mol. The Hall–Kier alpha value is -3.58. The van der Waals surface area contributed by atoms with Gasteiger partial charge in [-0.3, -0.25) is 0 Å². The molecule has 1 heteroatoms. The van der Waals surface area contributed by atoms with Crippen molar-refractivity contribution in [1.82, 2.24) is 0 Å². The van der Waals surface area contributed by atoms with E-state index in [-0.39, 0.29) is 0 Å². The van der Waals surface area contributed by atoms with Gasteiger partial charge in [0, 0.05) is 17.1 Å². The molecule has 4 rings (SSSR count). The van der Waals surface area contributed by atoms with Crippen molar-refractivity contribution in [2.45, 2.75) is 0 Å². The van der Waals surface area contributed by atoms with Gasteiger partial charge < -0.3 is 4.90 Å². The molecule has 4 aromatic carbocycles. The lowest BCUT2D eigenvalue weighted by Crippen LogP contribution is -2.09. The fourth-order valence-corrected chi connectivity index (χ4v) is 3.09. The lowest BCUT2D eigenvalue weighted by Gasteiger charge is -2.25. The predicted octanol–water partition coefficient (Wildman–Crippen LogP) is 7.33. The van der Waals surface area contributed by atoms with Crippen LogP contribution in [0.15, 0.2) is 115 Å². The van der Waals surface area contributed by atoms with Crippen molar-refractivity contribution in [2.75, 3.05) is 4.90 Å². The molecule has 0 spiro atoms. The number of benzene rings is 4. The van der Waals surface area contributed by atoms with Gasteiger partial charge in [-0.1, -0.05) is 91.0 Å². The average molecular weight is 347 g/mol. The normalized spacial score (nSPS) is 10.8. The van der Waals surface area contributed by atoms with Gasteiger partial charge in [-0.05, 0) is 47.5 Å². The lowest BCUT2D eigenvalue weighted by molar-refractivity contribution is 1.28. The van der Waals surface area contributed by atoms with E-state index in [1.807, 2.05) is 18.2 Å². The Kier molecular flexibility index (Phi) is 5.12. The van der Waals surface area contributed by atoms with Gasteiger partial charge in [0.25, 0.3) is 0 Å². The van der Waals surface area contributed by atoms with Crippen LogP contribution in [0.4, 0.5) is 17.1 Å². The number of para-hydroxylation sites is 2. The van der Waals surface area contributed by atoms with Crippen LogP contribution < -0.4 is 4.90 Å². The van der Waals surface area contributed by atoms with E-state index in [0.717, 1.165) is 17.1 Å². The van der Waals surface area contributed by atoms with Crippen molar-refractivity contribution >= 4 is 29.2 Å². The van der Waals surface area contributed by atoms with Crippen molar-refractivity contribution in [3.05, 3.63) is 126 Å². The Balaban J connectivity index is 1.64. The third kappa shape index (κ3) is 4.16. The summed E-state index contributed by atoms with van der Waals surface area (Å²) in [6.07, 6.45) is 4.29. The molecule has 27 heavy (non-hydrogen) atoms. The van der Waals surface area contributed by atoms with Gasteiger partial charge in [-0.25, -0.2) is 0 Å². The van der Waals surface area contributed by atoms with E-state index >= 15 is 0 Å². The molecule has 0 saturated carbocycles. The molecule has 0 N–H and O–H groups in total. The van der Waals surface area contributed by atoms with Crippen LogP contribution in [0, 0.1) is 0 Å². The Morgan fingerprint density at radius 3 is 1.22 bits per heavy atom. The second-order valence-corrected chi connectivity index (χ2v) is 6.34. The van der Waals surface area contributed by atoms with Crippen molar-refractivity contribution in [1.29, 1.82) is 0 Å². The van der Waals surface area contributed by atoms with E-state index in [2.05, 4.69) is 114 Å². The topological polar surface area (TPSA) is 3.24 Å². The summed E-state index contributed by atoms with van der Waals surface area (Å²) in [5.74, 6) is 0. The summed E-state index contributed by atoms with van der Waals surface area (Å²) >= 11 is 0. The van der Waals surface area contributed by atoms with Gasteiger partial charge in [0.05, 0.1) is 0 Å². The molecule has 0 aliphatic carbocycles. The van der Waals surface area contributed by atoms with Crippen LogP contribution >= 0.6 is 0 Å². The number of anilines is 3. The maximum absolute atomic E-state index is 2.27. The Morgan fingerprint density at radius 1 is 0.370 bits per heavy atom. The SMILES string of the molecule is C(=C\c1ccc(N(c2ccccc2)c2ccccc2)cc1)/c1ccccc1. The van der Waals surface area contributed by atoms with Crippen molar-refractivity contribution in [3.8, 4) is 0 Å². The number of rotatable bonds is 5. The first-order valence-electron chi connectivity index (χ1n) is 9.13. The van der Waals surface area contributed by atoms with Gasteiger partial charge in [0.15, 0.2) is 0 Å². The van der Waals surface area contributed by atoms with E-state index in [4.69, 9.17) is 0 Å². The van der Waals surface area contributed by atoms with Gasteiger partial charge in [-0.15, -0.1) is 0 Å². The molecule has 4 aromatic rings. The first-order chi connectivity index (χ1) is 13.4. The lowest BCUT2D eigenvalue weighted by atomic mass is 10.1. The molecule has 0 amide bonds. The third-order valence-electron chi connectivity index (χ3n) is 4.45. The molecular formula is C26H21N. The quantitative estimate of drug-likeness (QED) is 0.342. The van der Waals surface area contributed by atoms with Crippen LogP contribution in [0.25, 0.3) is 12.2 Å². The molecule has 0 heterocycles. The molecule has 0 saturated heterocycles. The summed E-state index contributed by atoms with van der Waals surface area (Å²) in [4.78, 5) is 2.27. The molecule has 0 aliphatic heterocycles. The van der Waals surface area contributed by atoms with E-state index in [9.17, 15) is 0 Å². The van der Waals surface area contributed by atoms with E-state index < -0.39 is 0 Å². The van der Waals surface area contributed by atoms with E-state index in [1.165, 1.54) is 11.1 Å². The highest BCUT2D eigenvalue weighted by Gasteiger charge is 2.11. The highest BCUT2D eigenvalue weighted by atomic mass is 15.1. The summed E-state index contributed by atoms with van der Waals surface area (Å²) < 4.78 is 0. The van der Waals surface area contributed by atoms with Gasteiger partial charge in [-0.2, -0.15) is 0 Å². The Morgan fingerprint density at radius 2 is 0.741 bits per heavy atom. The summed E-state index contributed by atoms with van der Waals surface area (Å²) in [5, 5.41) is 0. The zero-order valence-corrected chi connectivity index (χ0v) is 15.1. The smallest absolute Gasteiger partial charge is 0.0462 e. The maximum Gasteiger partial charge on any atom is 0.0462 e. The Bertz CT molecular complexity index is 949. The van der Waals surface area contributed by atoms with E-state index in [0.29, 0.717) is 0 Å². The molecular weight excluding hydrogens is 326 g/mol. The molecule has 0 aliphatic rings. The largest absolute Gasteiger partial charge is 0.311 e. The van der Waals surface area contributed by atoms with Gasteiger partial charge >= 0.3 is 0 Å². The second-order valence-electron chi connectivity index (χ2n) is 6.34. The number of nitrogens with zero attached hydrogens (tertiary/aromatic N) is 1. The van der Waals surface area contributed by atoms with Gasteiger partial charge in [0.1, 0.15) is 0 Å². The molecule has 0 unspecified atom stereocenters. The first kappa shape index (κ1) is 16.9. The molecule has 0 atom stereocenters. The van der Waals surface area contributed by atoms with Crippen molar-refractivity contribution < 1.29 is 0 Å². The zero-order chi connectivity index (χ0) is 18.3. The fourth-order valence-electron chi connectivity index (χ4n) is 3.09. The van der Waals surface area contributed by atoms with Gasteiger partial charge in [0.2, 0.25) is 0 Å². The molecule has 0 radical (unpaired) electrons. The standard InChI is InChI=1S/C26H21N/c1-4-10-22(11-5-1)16-17-23-18-20-26(21-19-23)27(24-12-6-2-7-13-24)25-14-8-3-9-15-25/h1-21H/b17-16+. The minimum absolute atomic E-state index is 1.14. The minimum atomic E-state index is 1.14. The zero-order valence-electron chi connectivity index (χ0n) is 15.1. The predicted molar refractivity (Wildman–Crippen MR) is 116 cm³/mol. The summed E-state index contributed by atoms with van der Waals surface area (Å²) in [5.41, 5.74) is 5.83. The summed E-state index contributed by atoms with van der Waals surface area (Å²) in [6, 6.07) is 39.9. The highest BCUT2D eigenvalue weighted by molar-refractivity contribution is 5.78. The number of hydrogen-bond donors (Lipinski definition) is 0. The maximum atomic E-state index is 2.27. The van der Waals surface area contributed by atoms with Crippen LogP contribution in [0.5, 0.6) is 0 Å². The first-order valence-corrected chi connectivity index (χ1v) is 9.13. The molecule has 0 bridgehead atoms. The van der Waals surface area contributed by atoms with Crippen LogP contribution in [-0.2, 0) is 0 Å². The highest BCUT2D eigenvalue weighted by Crippen LogP contribution is 2.34. The minimum Gasteiger partial charge on any atom is -0.311 e. The number of hydrogen-bond acceptors (Lipinski definition) is 1. The third-order valence-corrected chi connectivity index (χ3v) is 4.45. The van der Waals surface area contributed by atoms with E-state index in [1.54, 1.807) is 0 Å². The molecule has 1 nitrogen and oxygen atoms in total. The van der Waals surface area contributed by atoms with Crippen LogP contribution in [0.1, 0.15) is 11.1 Å². The summed E-state index contributed by atoms with van der Waals surface area (Å²) in [7, 11) is 0. The average Bonchev–Trinajstić information content (AvgIpc) is 2.76. The van der Waals surface area contributed by atoms with Crippen LogP contribution in [0.3, 0.4) is 0 Å². The molecule has 0 fully saturated rings. The van der Waals surface area contributed by atoms with Crippen molar-refractivity contribution in [2.24, 2.45) is 0 Å². The van der Waals surface area contributed by atoms with Crippen LogP contribution in [0.2, 0.25) is 0 Å². The Labute approximate surface area is 160 Å². The summed E-state index contributed by atoms with van der Waals surface area (Å²) in [6.45, 7) is 0. The second kappa shape index (κ2) is 8.20. The van der Waals surface area contributed by atoms with Crippen LogP contribution in [-0.4, -0.2) is 0 Å².